The summed E-state index contributed by atoms with van der Waals surface area (Å²) in [6, 6.07) is 14.0. The van der Waals surface area contributed by atoms with Crippen molar-refractivity contribution in [2.75, 3.05) is 6.54 Å². The van der Waals surface area contributed by atoms with Crippen molar-refractivity contribution in [3.05, 3.63) is 66.6 Å². The molecule has 0 amide bonds. The molecule has 3 aromatic rings. The molecule has 0 radical (unpaired) electrons. The molecule has 0 saturated carbocycles. The fourth-order valence-electron chi connectivity index (χ4n) is 2.28. The second-order valence-corrected chi connectivity index (χ2v) is 6.64. The van der Waals surface area contributed by atoms with Gasteiger partial charge in [-0.15, -0.1) is 0 Å². The highest BCUT2D eigenvalue weighted by Crippen LogP contribution is 2.23. The van der Waals surface area contributed by atoms with E-state index in [0.717, 1.165) is 5.39 Å². The molecule has 0 spiro atoms. The van der Waals surface area contributed by atoms with Gasteiger partial charge in [-0.2, -0.15) is 0 Å². The molecule has 0 saturated heterocycles. The first-order chi connectivity index (χ1) is 10.6. The Balaban J connectivity index is 1.86. The summed E-state index contributed by atoms with van der Waals surface area (Å²) in [6.45, 7) is -0.120. The van der Waals surface area contributed by atoms with Crippen LogP contribution < -0.4 is 4.72 Å². The van der Waals surface area contributed by atoms with Gasteiger partial charge in [0.1, 0.15) is 0 Å². The van der Waals surface area contributed by atoms with E-state index in [1.165, 1.54) is 12.5 Å². The summed E-state index contributed by atoms with van der Waals surface area (Å²) >= 11 is 0. The van der Waals surface area contributed by atoms with Gasteiger partial charge in [0.25, 0.3) is 0 Å². The van der Waals surface area contributed by atoms with Gasteiger partial charge in [-0.3, -0.25) is 0 Å². The van der Waals surface area contributed by atoms with Crippen LogP contribution in [0.15, 0.2) is 70.4 Å². The monoisotopic (exact) mass is 317 g/mol. The number of benzene rings is 2. The van der Waals surface area contributed by atoms with E-state index in [-0.39, 0.29) is 11.4 Å². The van der Waals surface area contributed by atoms with E-state index in [9.17, 15) is 13.5 Å². The topological polar surface area (TPSA) is 79.5 Å². The summed E-state index contributed by atoms with van der Waals surface area (Å²) in [5.74, 6) is 0. The highest BCUT2D eigenvalue weighted by molar-refractivity contribution is 7.89. The molecule has 1 unspecified atom stereocenters. The summed E-state index contributed by atoms with van der Waals surface area (Å²) in [7, 11) is -3.71. The lowest BCUT2D eigenvalue weighted by atomic mass is 10.1. The maximum absolute atomic E-state index is 12.5. The maximum Gasteiger partial charge on any atom is 0.241 e. The Morgan fingerprint density at radius 2 is 1.86 bits per heavy atom. The summed E-state index contributed by atoms with van der Waals surface area (Å²) in [6.07, 6.45) is 1.86. The molecular formula is C16H15NO4S. The summed E-state index contributed by atoms with van der Waals surface area (Å²) in [5.41, 5.74) is 0.528. The van der Waals surface area contributed by atoms with Crippen molar-refractivity contribution in [1.29, 1.82) is 0 Å². The Morgan fingerprint density at radius 3 is 2.64 bits per heavy atom. The predicted octanol–water partition coefficient (Wildman–Crippen LogP) is 2.44. The quantitative estimate of drug-likeness (QED) is 0.757. The van der Waals surface area contributed by atoms with Crippen molar-refractivity contribution in [3.63, 3.8) is 0 Å². The third-order valence-corrected chi connectivity index (χ3v) is 4.92. The zero-order valence-corrected chi connectivity index (χ0v) is 12.5. The number of nitrogens with one attached hydrogen (secondary N) is 1. The van der Waals surface area contributed by atoms with Gasteiger partial charge in [-0.1, -0.05) is 36.4 Å². The highest BCUT2D eigenvalue weighted by atomic mass is 32.2. The first-order valence-corrected chi connectivity index (χ1v) is 8.24. The third-order valence-electron chi connectivity index (χ3n) is 3.43. The number of aliphatic hydroxyl groups is 1. The van der Waals surface area contributed by atoms with Crippen LogP contribution in [0.2, 0.25) is 0 Å². The number of hydrogen-bond donors (Lipinski definition) is 2. The Morgan fingerprint density at radius 1 is 1.09 bits per heavy atom. The van der Waals surface area contributed by atoms with E-state index in [0.29, 0.717) is 10.9 Å². The lowest BCUT2D eigenvalue weighted by molar-refractivity contribution is 0.181. The minimum absolute atomic E-state index is 0.120. The Hall–Kier alpha value is -2.15. The van der Waals surface area contributed by atoms with Crippen molar-refractivity contribution in [2.24, 2.45) is 0 Å². The average molecular weight is 317 g/mol. The van der Waals surface area contributed by atoms with Crippen molar-refractivity contribution in [1.82, 2.24) is 4.72 Å². The van der Waals surface area contributed by atoms with Gasteiger partial charge in [-0.25, -0.2) is 13.1 Å². The molecular weight excluding hydrogens is 302 g/mol. The van der Waals surface area contributed by atoms with E-state index < -0.39 is 16.1 Å². The molecule has 5 nitrogen and oxygen atoms in total. The standard InChI is InChI=1S/C16H15NO4S/c18-15(13-8-9-21-11-13)10-17-22(19,20)16-7-3-5-12-4-1-2-6-14(12)16/h1-9,11,15,17-18H,10H2. The summed E-state index contributed by atoms with van der Waals surface area (Å²) in [5, 5.41) is 11.4. The fourth-order valence-corrected chi connectivity index (χ4v) is 3.54. The molecule has 0 fully saturated rings. The molecule has 1 heterocycles. The first kappa shape index (κ1) is 14.8. The van der Waals surface area contributed by atoms with E-state index in [2.05, 4.69) is 4.72 Å². The van der Waals surface area contributed by atoms with Gasteiger partial charge < -0.3 is 9.52 Å². The lowest BCUT2D eigenvalue weighted by Crippen LogP contribution is -2.28. The Labute approximate surface area is 128 Å². The molecule has 22 heavy (non-hydrogen) atoms. The fraction of sp³-hybridized carbons (Fsp3) is 0.125. The van der Waals surface area contributed by atoms with Gasteiger partial charge in [-0.05, 0) is 17.5 Å². The van der Waals surface area contributed by atoms with Gasteiger partial charge in [0.15, 0.2) is 0 Å². The first-order valence-electron chi connectivity index (χ1n) is 6.75. The van der Waals surface area contributed by atoms with E-state index in [1.54, 1.807) is 30.3 Å². The molecule has 6 heteroatoms. The Kier molecular flexibility index (Phi) is 3.98. The number of furan rings is 1. The molecule has 0 bridgehead atoms. The zero-order chi connectivity index (χ0) is 15.6. The van der Waals surface area contributed by atoms with Crippen molar-refractivity contribution in [2.45, 2.75) is 11.0 Å². The maximum atomic E-state index is 12.5. The zero-order valence-electron chi connectivity index (χ0n) is 11.6. The van der Waals surface area contributed by atoms with Crippen LogP contribution in [0, 0.1) is 0 Å². The third kappa shape index (κ3) is 2.89. The Bertz CT molecular complexity index is 867. The molecule has 0 aliphatic carbocycles. The second-order valence-electron chi connectivity index (χ2n) is 4.90. The molecule has 3 rings (SSSR count). The largest absolute Gasteiger partial charge is 0.472 e. The van der Waals surface area contributed by atoms with Gasteiger partial charge >= 0.3 is 0 Å². The van der Waals surface area contributed by atoms with Crippen LogP contribution in [0.4, 0.5) is 0 Å². The minimum Gasteiger partial charge on any atom is -0.472 e. The van der Waals surface area contributed by atoms with Gasteiger partial charge in [0.05, 0.1) is 23.5 Å². The van der Waals surface area contributed by atoms with Crippen molar-refractivity contribution < 1.29 is 17.9 Å². The van der Waals surface area contributed by atoms with Crippen LogP contribution in [0.5, 0.6) is 0 Å². The number of sulfonamides is 1. The van der Waals surface area contributed by atoms with Crippen molar-refractivity contribution in [3.8, 4) is 0 Å². The van der Waals surface area contributed by atoms with Crippen LogP contribution in [-0.2, 0) is 10.0 Å². The highest BCUT2D eigenvalue weighted by Gasteiger charge is 2.19. The molecule has 2 N–H and O–H groups in total. The molecule has 2 aromatic carbocycles. The van der Waals surface area contributed by atoms with Crippen LogP contribution in [0.1, 0.15) is 11.7 Å². The molecule has 114 valence electrons. The smallest absolute Gasteiger partial charge is 0.241 e. The molecule has 0 aliphatic rings. The number of aliphatic hydroxyl groups excluding tert-OH is 1. The number of rotatable bonds is 5. The van der Waals surface area contributed by atoms with Crippen LogP contribution >= 0.6 is 0 Å². The van der Waals surface area contributed by atoms with Gasteiger partial charge in [0.2, 0.25) is 10.0 Å². The number of hydrogen-bond acceptors (Lipinski definition) is 4. The van der Waals surface area contributed by atoms with E-state index in [4.69, 9.17) is 4.42 Å². The predicted molar refractivity (Wildman–Crippen MR) is 82.8 cm³/mol. The molecule has 0 aliphatic heterocycles. The summed E-state index contributed by atoms with van der Waals surface area (Å²) < 4.78 is 32.3. The SMILES string of the molecule is O=S(=O)(NCC(O)c1ccoc1)c1cccc2ccccc12. The molecule has 1 atom stereocenters. The number of fused-ring (bicyclic) bond motifs is 1. The second kappa shape index (κ2) is 5.92. The van der Waals surface area contributed by atoms with Crippen LogP contribution in [0.25, 0.3) is 10.8 Å². The van der Waals surface area contributed by atoms with Crippen molar-refractivity contribution >= 4 is 20.8 Å². The molecule has 1 aromatic heterocycles. The van der Waals surface area contributed by atoms with E-state index >= 15 is 0 Å². The lowest BCUT2D eigenvalue weighted by Gasteiger charge is -2.12. The normalized spacial score (nSPS) is 13.3. The minimum atomic E-state index is -3.71. The van der Waals surface area contributed by atoms with Crippen LogP contribution in [0.3, 0.4) is 0 Å². The van der Waals surface area contributed by atoms with Crippen LogP contribution in [-0.4, -0.2) is 20.1 Å². The average Bonchev–Trinajstić information content (AvgIpc) is 3.06. The van der Waals surface area contributed by atoms with E-state index in [1.807, 2.05) is 18.2 Å². The summed E-state index contributed by atoms with van der Waals surface area (Å²) in [4.78, 5) is 0.199. The van der Waals surface area contributed by atoms with Gasteiger partial charge in [0, 0.05) is 17.5 Å².